The average molecular weight is 349 g/mol. The van der Waals surface area contributed by atoms with Crippen molar-refractivity contribution in [1.29, 1.82) is 0 Å². The number of hydrogen-bond donors (Lipinski definition) is 3. The van der Waals surface area contributed by atoms with Crippen LogP contribution in [0.4, 0.5) is 29.3 Å². The van der Waals surface area contributed by atoms with Gasteiger partial charge < -0.3 is 16.0 Å². The Morgan fingerprint density at radius 1 is 1.12 bits per heavy atom. The molecular weight excluding hydrogens is 331 g/mol. The number of alkyl halides is 3. The van der Waals surface area contributed by atoms with Crippen molar-refractivity contribution in [3.05, 3.63) is 59.7 Å². The Labute approximate surface area is 143 Å². The SMILES string of the molecule is O=C(NCC1CCc2ccccc2N1)Nc1ccc(C(F)(F)F)cc1. The van der Waals surface area contributed by atoms with Crippen LogP contribution in [0.2, 0.25) is 0 Å². The normalized spacial score (nSPS) is 16.5. The van der Waals surface area contributed by atoms with Gasteiger partial charge in [-0.3, -0.25) is 0 Å². The third-order valence-electron chi connectivity index (χ3n) is 4.12. The van der Waals surface area contributed by atoms with Crippen molar-refractivity contribution in [2.45, 2.75) is 25.1 Å². The highest BCUT2D eigenvalue weighted by Crippen LogP contribution is 2.29. The van der Waals surface area contributed by atoms with Crippen molar-refractivity contribution >= 4 is 17.4 Å². The van der Waals surface area contributed by atoms with Crippen LogP contribution >= 0.6 is 0 Å². The number of para-hydroxylation sites is 1. The summed E-state index contributed by atoms with van der Waals surface area (Å²) in [5.41, 5.74) is 1.90. The van der Waals surface area contributed by atoms with E-state index in [9.17, 15) is 18.0 Å². The minimum atomic E-state index is -4.39. The third-order valence-corrected chi connectivity index (χ3v) is 4.12. The van der Waals surface area contributed by atoms with Gasteiger partial charge >= 0.3 is 12.2 Å². The second-order valence-corrected chi connectivity index (χ2v) is 5.95. The van der Waals surface area contributed by atoms with E-state index in [1.54, 1.807) is 0 Å². The second kappa shape index (κ2) is 7.04. The zero-order valence-electron chi connectivity index (χ0n) is 13.4. The summed E-state index contributed by atoms with van der Waals surface area (Å²) in [6.45, 7) is 0.431. The molecule has 3 N–H and O–H groups in total. The number of carbonyl (C=O) groups excluding carboxylic acids is 1. The van der Waals surface area contributed by atoms with Gasteiger partial charge in [0.1, 0.15) is 0 Å². The molecule has 0 spiro atoms. The van der Waals surface area contributed by atoms with Gasteiger partial charge in [0, 0.05) is 24.0 Å². The molecule has 1 heterocycles. The van der Waals surface area contributed by atoms with E-state index < -0.39 is 17.8 Å². The average Bonchev–Trinajstić information content (AvgIpc) is 2.59. The van der Waals surface area contributed by atoms with Gasteiger partial charge in [0.15, 0.2) is 0 Å². The van der Waals surface area contributed by atoms with Gasteiger partial charge in [-0.05, 0) is 48.7 Å². The summed E-state index contributed by atoms with van der Waals surface area (Å²) in [6, 6.07) is 12.1. The maximum Gasteiger partial charge on any atom is 0.416 e. The Kier molecular flexibility index (Phi) is 4.83. The fraction of sp³-hybridized carbons (Fsp3) is 0.278. The molecule has 4 nitrogen and oxygen atoms in total. The molecule has 0 aliphatic carbocycles. The quantitative estimate of drug-likeness (QED) is 0.776. The van der Waals surface area contributed by atoms with Gasteiger partial charge in [0.2, 0.25) is 0 Å². The molecular formula is C18H18F3N3O. The lowest BCUT2D eigenvalue weighted by molar-refractivity contribution is -0.137. The maximum atomic E-state index is 12.5. The number of hydrogen-bond acceptors (Lipinski definition) is 2. The Morgan fingerprint density at radius 2 is 1.84 bits per heavy atom. The predicted molar refractivity (Wildman–Crippen MR) is 90.6 cm³/mol. The minimum absolute atomic E-state index is 0.119. The van der Waals surface area contributed by atoms with E-state index in [0.29, 0.717) is 12.2 Å². The summed E-state index contributed by atoms with van der Waals surface area (Å²) in [5.74, 6) is 0. The Bertz CT molecular complexity index is 744. The summed E-state index contributed by atoms with van der Waals surface area (Å²) >= 11 is 0. The van der Waals surface area contributed by atoms with Gasteiger partial charge in [-0.2, -0.15) is 13.2 Å². The highest BCUT2D eigenvalue weighted by Gasteiger charge is 2.30. The molecule has 0 saturated carbocycles. The topological polar surface area (TPSA) is 53.2 Å². The lowest BCUT2D eigenvalue weighted by Gasteiger charge is -2.27. The number of amides is 2. The second-order valence-electron chi connectivity index (χ2n) is 5.95. The van der Waals surface area contributed by atoms with Crippen LogP contribution in [0, 0.1) is 0 Å². The fourth-order valence-electron chi connectivity index (χ4n) is 2.79. The first-order chi connectivity index (χ1) is 11.9. The Balaban J connectivity index is 1.49. The van der Waals surface area contributed by atoms with Crippen LogP contribution in [0.5, 0.6) is 0 Å². The van der Waals surface area contributed by atoms with Gasteiger partial charge in [-0.15, -0.1) is 0 Å². The van der Waals surface area contributed by atoms with E-state index in [0.717, 1.165) is 30.7 Å². The molecule has 1 atom stereocenters. The summed E-state index contributed by atoms with van der Waals surface area (Å²) in [5, 5.41) is 8.65. The molecule has 0 radical (unpaired) electrons. The number of nitrogens with one attached hydrogen (secondary N) is 3. The molecule has 132 valence electrons. The molecule has 2 aromatic carbocycles. The van der Waals surface area contributed by atoms with E-state index in [1.807, 2.05) is 18.2 Å². The summed E-state index contributed by atoms with van der Waals surface area (Å²) in [6.07, 6.45) is -2.54. The fourth-order valence-corrected chi connectivity index (χ4v) is 2.79. The van der Waals surface area contributed by atoms with Crippen molar-refractivity contribution in [1.82, 2.24) is 5.32 Å². The van der Waals surface area contributed by atoms with Crippen molar-refractivity contribution in [3.63, 3.8) is 0 Å². The van der Waals surface area contributed by atoms with E-state index in [-0.39, 0.29) is 6.04 Å². The van der Waals surface area contributed by atoms with Crippen LogP contribution in [-0.2, 0) is 12.6 Å². The number of carbonyl (C=O) groups is 1. The van der Waals surface area contributed by atoms with Crippen LogP contribution in [-0.4, -0.2) is 18.6 Å². The maximum absolute atomic E-state index is 12.5. The van der Waals surface area contributed by atoms with Crippen LogP contribution < -0.4 is 16.0 Å². The summed E-state index contributed by atoms with van der Waals surface area (Å²) in [4.78, 5) is 11.9. The molecule has 0 fully saturated rings. The number of benzene rings is 2. The first-order valence-electron chi connectivity index (χ1n) is 7.98. The van der Waals surface area contributed by atoms with Crippen LogP contribution in [0.25, 0.3) is 0 Å². The largest absolute Gasteiger partial charge is 0.416 e. The molecule has 0 bridgehead atoms. The molecule has 2 aromatic rings. The lowest BCUT2D eigenvalue weighted by atomic mass is 9.98. The first-order valence-corrected chi connectivity index (χ1v) is 7.98. The van der Waals surface area contributed by atoms with Crippen LogP contribution in [0.15, 0.2) is 48.5 Å². The molecule has 1 aliphatic rings. The van der Waals surface area contributed by atoms with Gasteiger partial charge in [0.25, 0.3) is 0 Å². The molecule has 25 heavy (non-hydrogen) atoms. The first kappa shape index (κ1) is 17.1. The molecule has 0 saturated heterocycles. The van der Waals surface area contributed by atoms with E-state index in [1.165, 1.54) is 17.7 Å². The minimum Gasteiger partial charge on any atom is -0.380 e. The molecule has 1 aliphatic heterocycles. The molecule has 1 unspecified atom stereocenters. The van der Waals surface area contributed by atoms with Crippen molar-refractivity contribution in [3.8, 4) is 0 Å². The smallest absolute Gasteiger partial charge is 0.380 e. The standard InChI is InChI=1S/C18H18F3N3O/c19-18(20,21)13-6-9-14(10-7-13)24-17(25)22-11-15-8-5-12-3-1-2-4-16(12)23-15/h1-4,6-7,9-10,15,23H,5,8,11H2,(H2,22,24,25). The van der Waals surface area contributed by atoms with Gasteiger partial charge in [-0.25, -0.2) is 4.79 Å². The van der Waals surface area contributed by atoms with Crippen LogP contribution in [0.3, 0.4) is 0 Å². The Hall–Kier alpha value is -2.70. The van der Waals surface area contributed by atoms with Crippen molar-refractivity contribution in [2.75, 3.05) is 17.2 Å². The van der Waals surface area contributed by atoms with E-state index in [2.05, 4.69) is 22.0 Å². The Morgan fingerprint density at radius 3 is 2.56 bits per heavy atom. The monoisotopic (exact) mass is 349 g/mol. The van der Waals surface area contributed by atoms with Gasteiger partial charge in [0.05, 0.1) is 5.56 Å². The van der Waals surface area contributed by atoms with Gasteiger partial charge in [-0.1, -0.05) is 18.2 Å². The molecule has 2 amide bonds. The summed E-state index contributed by atoms with van der Waals surface area (Å²) < 4.78 is 37.5. The van der Waals surface area contributed by atoms with Crippen LogP contribution in [0.1, 0.15) is 17.5 Å². The highest BCUT2D eigenvalue weighted by atomic mass is 19.4. The summed E-state index contributed by atoms with van der Waals surface area (Å²) in [7, 11) is 0. The third kappa shape index (κ3) is 4.43. The highest BCUT2D eigenvalue weighted by molar-refractivity contribution is 5.89. The van der Waals surface area contributed by atoms with E-state index in [4.69, 9.17) is 0 Å². The number of urea groups is 1. The lowest BCUT2D eigenvalue weighted by Crippen LogP contribution is -2.40. The molecule has 3 rings (SSSR count). The zero-order chi connectivity index (χ0) is 17.9. The number of halogens is 3. The number of aryl methyl sites for hydroxylation is 1. The predicted octanol–water partition coefficient (Wildman–Crippen LogP) is 4.25. The van der Waals surface area contributed by atoms with E-state index >= 15 is 0 Å². The number of anilines is 2. The zero-order valence-corrected chi connectivity index (χ0v) is 13.4. The van der Waals surface area contributed by atoms with Crippen molar-refractivity contribution < 1.29 is 18.0 Å². The number of fused-ring (bicyclic) bond motifs is 1. The number of rotatable bonds is 3. The molecule has 7 heteroatoms. The molecule has 0 aromatic heterocycles. The van der Waals surface area contributed by atoms with Crippen molar-refractivity contribution in [2.24, 2.45) is 0 Å².